The summed E-state index contributed by atoms with van der Waals surface area (Å²) >= 11 is 7.37. The lowest BCUT2D eigenvalue weighted by atomic mass is 10.1. The van der Waals surface area contributed by atoms with Gasteiger partial charge in [0.25, 0.3) is 0 Å². The molecule has 2 aliphatic heterocycles. The summed E-state index contributed by atoms with van der Waals surface area (Å²) in [4.78, 5) is 18.6. The third-order valence-corrected chi connectivity index (χ3v) is 4.93. The highest BCUT2D eigenvalue weighted by atomic mass is 35.5. The molecule has 7 heteroatoms. The molecule has 0 saturated carbocycles. The maximum Gasteiger partial charge on any atom is 0.186 e. The number of halogens is 1. The average molecular weight is 380 g/mol. The minimum Gasteiger partial charge on any atom is -0.319 e. The van der Waals surface area contributed by atoms with Crippen molar-refractivity contribution in [1.82, 2.24) is 5.32 Å². The van der Waals surface area contributed by atoms with Gasteiger partial charge < -0.3 is 5.32 Å². The van der Waals surface area contributed by atoms with Crippen LogP contribution < -0.4 is 5.32 Å². The number of hydrogen-bond donors (Lipinski definition) is 1. The van der Waals surface area contributed by atoms with Crippen molar-refractivity contribution in [2.24, 2.45) is 20.0 Å². The molecule has 5 nitrogen and oxygen atoms in total. The van der Waals surface area contributed by atoms with Crippen molar-refractivity contribution in [3.63, 3.8) is 0 Å². The fourth-order valence-corrected chi connectivity index (χ4v) is 3.44. The first-order valence-corrected chi connectivity index (χ1v) is 9.28. The van der Waals surface area contributed by atoms with E-state index in [0.29, 0.717) is 28.4 Å². The third-order valence-electron chi connectivity index (χ3n) is 3.78. The normalized spacial score (nSPS) is 19.3. The maximum absolute atomic E-state index is 5.94. The van der Waals surface area contributed by atoms with Crippen LogP contribution in [0.3, 0.4) is 0 Å². The summed E-state index contributed by atoms with van der Waals surface area (Å²) in [7, 11) is 0. The standard InChI is InChI=1S/C19H14ClN5S/c20-15-8-6-14(26-15)7-9-16-24-18(17-19(25-16)23-12-22-17)21-11-10-13-4-2-1-3-5-13/h1-6,8,12,17H,10-11H2,(H,21,22,23,24,25). The Morgan fingerprint density at radius 3 is 2.85 bits per heavy atom. The van der Waals surface area contributed by atoms with Crippen LogP contribution in [0.5, 0.6) is 0 Å². The summed E-state index contributed by atoms with van der Waals surface area (Å²) in [5, 5.41) is 3.12. The smallest absolute Gasteiger partial charge is 0.186 e. The Kier molecular flexibility index (Phi) is 4.91. The Balaban J connectivity index is 1.53. The van der Waals surface area contributed by atoms with E-state index in [9.17, 15) is 0 Å². The lowest BCUT2D eigenvalue weighted by molar-refractivity contribution is 0.943. The molecule has 1 aromatic carbocycles. The first-order chi connectivity index (χ1) is 12.8. The van der Waals surface area contributed by atoms with Gasteiger partial charge in [-0.3, -0.25) is 9.98 Å². The van der Waals surface area contributed by atoms with Crippen LogP contribution in [0.4, 0.5) is 0 Å². The van der Waals surface area contributed by atoms with E-state index in [4.69, 9.17) is 11.6 Å². The molecule has 0 bridgehead atoms. The average Bonchev–Trinajstić information content (AvgIpc) is 3.29. The number of thiophene rings is 1. The Morgan fingerprint density at radius 2 is 2.04 bits per heavy atom. The molecule has 1 atom stereocenters. The van der Waals surface area contributed by atoms with Gasteiger partial charge >= 0.3 is 0 Å². The molecule has 0 saturated heterocycles. The molecular formula is C19H14ClN5S. The Bertz CT molecular complexity index is 992. The SMILES string of the molecule is Clc1ccc(C#CC2=NC(=NCCc3ccccc3)C3N=CN=C3N2)s1. The van der Waals surface area contributed by atoms with Crippen LogP contribution in [0, 0.1) is 11.8 Å². The van der Waals surface area contributed by atoms with E-state index >= 15 is 0 Å². The van der Waals surface area contributed by atoms with Gasteiger partial charge in [0.2, 0.25) is 0 Å². The highest BCUT2D eigenvalue weighted by Crippen LogP contribution is 2.20. The Labute approximate surface area is 160 Å². The fraction of sp³-hybridized carbons (Fsp3) is 0.158. The predicted octanol–water partition coefficient (Wildman–Crippen LogP) is 3.20. The van der Waals surface area contributed by atoms with E-state index in [1.165, 1.54) is 23.2 Å². The van der Waals surface area contributed by atoms with Crippen molar-refractivity contribution in [3.8, 4) is 11.8 Å². The second-order valence-corrected chi connectivity index (χ2v) is 7.31. The molecular weight excluding hydrogens is 366 g/mol. The highest BCUT2D eigenvalue weighted by molar-refractivity contribution is 7.16. The lowest BCUT2D eigenvalue weighted by Gasteiger charge is -2.18. The summed E-state index contributed by atoms with van der Waals surface area (Å²) in [6.45, 7) is 0.642. The highest BCUT2D eigenvalue weighted by Gasteiger charge is 2.29. The third kappa shape index (κ3) is 3.90. The van der Waals surface area contributed by atoms with Crippen LogP contribution in [0.25, 0.3) is 0 Å². The van der Waals surface area contributed by atoms with E-state index in [-0.39, 0.29) is 6.04 Å². The zero-order valence-corrected chi connectivity index (χ0v) is 15.3. The molecule has 1 N–H and O–H groups in total. The minimum absolute atomic E-state index is 0.257. The molecule has 0 fully saturated rings. The number of hydrogen-bond acceptors (Lipinski definition) is 5. The van der Waals surface area contributed by atoms with Crippen molar-refractivity contribution < 1.29 is 0 Å². The van der Waals surface area contributed by atoms with Gasteiger partial charge in [0.05, 0.1) is 9.21 Å². The number of rotatable bonds is 3. The molecule has 4 rings (SSSR count). The number of aliphatic imine (C=N–C) groups is 4. The number of fused-ring (bicyclic) bond motifs is 1. The molecule has 128 valence electrons. The van der Waals surface area contributed by atoms with Crippen LogP contribution >= 0.6 is 22.9 Å². The molecule has 0 spiro atoms. The van der Waals surface area contributed by atoms with E-state index < -0.39 is 0 Å². The predicted molar refractivity (Wildman–Crippen MR) is 109 cm³/mol. The van der Waals surface area contributed by atoms with Gasteiger partial charge in [-0.2, -0.15) is 0 Å². The van der Waals surface area contributed by atoms with Gasteiger partial charge in [-0.05, 0) is 36.0 Å². The summed E-state index contributed by atoms with van der Waals surface area (Å²) < 4.78 is 0.713. The van der Waals surface area contributed by atoms with Crippen LogP contribution in [0.1, 0.15) is 10.4 Å². The molecule has 3 heterocycles. The van der Waals surface area contributed by atoms with Crippen molar-refractivity contribution >= 4 is 46.8 Å². The van der Waals surface area contributed by atoms with E-state index in [1.807, 2.05) is 30.3 Å². The van der Waals surface area contributed by atoms with Gasteiger partial charge in [0.15, 0.2) is 17.7 Å². The molecule has 2 aliphatic rings. The molecule has 1 unspecified atom stereocenters. The summed E-state index contributed by atoms with van der Waals surface area (Å²) in [5.41, 5.74) is 1.24. The largest absolute Gasteiger partial charge is 0.319 e. The second kappa shape index (κ2) is 7.65. The van der Waals surface area contributed by atoms with Crippen molar-refractivity contribution in [1.29, 1.82) is 0 Å². The van der Waals surface area contributed by atoms with Crippen LogP contribution in [0.2, 0.25) is 4.34 Å². The monoisotopic (exact) mass is 379 g/mol. The minimum atomic E-state index is -0.257. The van der Waals surface area contributed by atoms with Crippen LogP contribution in [0.15, 0.2) is 62.4 Å². The van der Waals surface area contributed by atoms with Crippen LogP contribution in [-0.4, -0.2) is 36.4 Å². The first-order valence-electron chi connectivity index (χ1n) is 8.08. The van der Waals surface area contributed by atoms with Gasteiger partial charge in [-0.25, -0.2) is 9.98 Å². The zero-order valence-electron chi connectivity index (χ0n) is 13.7. The van der Waals surface area contributed by atoms with Gasteiger partial charge in [0.1, 0.15) is 12.2 Å². The van der Waals surface area contributed by atoms with Crippen molar-refractivity contribution in [3.05, 3.63) is 57.2 Å². The van der Waals surface area contributed by atoms with Gasteiger partial charge in [-0.1, -0.05) is 41.9 Å². The van der Waals surface area contributed by atoms with Crippen molar-refractivity contribution in [2.75, 3.05) is 6.54 Å². The Hall–Kier alpha value is -2.75. The lowest BCUT2D eigenvalue weighted by Crippen LogP contribution is -2.45. The quantitative estimate of drug-likeness (QED) is 0.818. The molecule has 2 aromatic rings. The summed E-state index contributed by atoms with van der Waals surface area (Å²) in [5.74, 6) is 7.96. The van der Waals surface area contributed by atoms with E-state index in [0.717, 1.165) is 11.3 Å². The first kappa shape index (κ1) is 16.7. The van der Waals surface area contributed by atoms with E-state index in [1.54, 1.807) is 0 Å². The maximum atomic E-state index is 5.94. The van der Waals surface area contributed by atoms with Crippen molar-refractivity contribution in [2.45, 2.75) is 12.5 Å². The molecule has 0 amide bonds. The Morgan fingerprint density at radius 1 is 1.15 bits per heavy atom. The molecule has 1 aromatic heterocycles. The second-order valence-electron chi connectivity index (χ2n) is 5.60. The summed E-state index contributed by atoms with van der Waals surface area (Å²) in [6, 6.07) is 13.7. The summed E-state index contributed by atoms with van der Waals surface area (Å²) in [6.07, 6.45) is 2.38. The molecule has 0 radical (unpaired) electrons. The topological polar surface area (TPSA) is 61.5 Å². The molecule has 0 aliphatic carbocycles. The number of amidine groups is 3. The zero-order chi connectivity index (χ0) is 17.8. The number of nitrogens with one attached hydrogen (secondary N) is 1. The van der Waals surface area contributed by atoms with Gasteiger partial charge in [0, 0.05) is 6.54 Å². The van der Waals surface area contributed by atoms with Gasteiger partial charge in [-0.15, -0.1) is 11.3 Å². The number of nitrogens with zero attached hydrogens (tertiary/aromatic N) is 4. The fourth-order valence-electron chi connectivity index (χ4n) is 2.55. The molecule has 26 heavy (non-hydrogen) atoms. The van der Waals surface area contributed by atoms with E-state index in [2.05, 4.69) is 49.3 Å². The number of benzene rings is 1. The van der Waals surface area contributed by atoms with Crippen LogP contribution in [-0.2, 0) is 6.42 Å².